The minimum atomic E-state index is 0.123. The standard InChI is InChI=1S/C13H20ClN3/c1-9-10(2)16-12(11(14)15-9)17-13(3)7-5-4-6-8-13/h4-8H2,1-3H3,(H,16,17). The average Bonchev–Trinajstić information content (AvgIpc) is 2.26. The summed E-state index contributed by atoms with van der Waals surface area (Å²) in [5.74, 6) is 0.735. The first-order chi connectivity index (χ1) is 8.00. The maximum absolute atomic E-state index is 6.15. The molecule has 17 heavy (non-hydrogen) atoms. The first kappa shape index (κ1) is 12.6. The molecule has 0 atom stereocenters. The molecule has 1 aromatic heterocycles. The molecule has 3 nitrogen and oxygen atoms in total. The predicted molar refractivity (Wildman–Crippen MR) is 71.6 cm³/mol. The van der Waals surface area contributed by atoms with Crippen LogP contribution >= 0.6 is 11.6 Å². The molecule has 1 N–H and O–H groups in total. The van der Waals surface area contributed by atoms with Gasteiger partial charge in [-0.25, -0.2) is 9.97 Å². The number of hydrogen-bond acceptors (Lipinski definition) is 3. The molecule has 1 aromatic rings. The van der Waals surface area contributed by atoms with Crippen LogP contribution in [0.15, 0.2) is 0 Å². The van der Waals surface area contributed by atoms with Gasteiger partial charge in [0.15, 0.2) is 11.0 Å². The summed E-state index contributed by atoms with van der Waals surface area (Å²) in [7, 11) is 0. The zero-order valence-electron chi connectivity index (χ0n) is 10.8. The van der Waals surface area contributed by atoms with Crippen LogP contribution in [0.3, 0.4) is 0 Å². The first-order valence-electron chi connectivity index (χ1n) is 6.29. The number of aryl methyl sites for hydroxylation is 2. The van der Waals surface area contributed by atoms with Crippen LogP contribution in [0.4, 0.5) is 5.82 Å². The minimum Gasteiger partial charge on any atom is -0.362 e. The summed E-state index contributed by atoms with van der Waals surface area (Å²) in [6.45, 7) is 6.15. The number of hydrogen-bond donors (Lipinski definition) is 1. The van der Waals surface area contributed by atoms with Gasteiger partial charge in [-0.2, -0.15) is 0 Å². The molecule has 1 heterocycles. The van der Waals surface area contributed by atoms with E-state index in [1.807, 2.05) is 13.8 Å². The molecule has 1 aliphatic rings. The van der Waals surface area contributed by atoms with E-state index in [2.05, 4.69) is 22.2 Å². The van der Waals surface area contributed by atoms with E-state index >= 15 is 0 Å². The lowest BCUT2D eigenvalue weighted by Crippen LogP contribution is -2.37. The Balaban J connectivity index is 2.20. The molecule has 94 valence electrons. The number of nitrogens with zero attached hydrogens (tertiary/aromatic N) is 2. The van der Waals surface area contributed by atoms with Crippen molar-refractivity contribution < 1.29 is 0 Å². The highest BCUT2D eigenvalue weighted by molar-refractivity contribution is 6.31. The second kappa shape index (κ2) is 4.81. The monoisotopic (exact) mass is 253 g/mol. The quantitative estimate of drug-likeness (QED) is 0.869. The van der Waals surface area contributed by atoms with Crippen LogP contribution in [0.25, 0.3) is 0 Å². The van der Waals surface area contributed by atoms with Gasteiger partial charge in [0, 0.05) is 5.54 Å². The number of nitrogens with one attached hydrogen (secondary N) is 1. The Kier molecular flexibility index (Phi) is 3.57. The molecule has 0 radical (unpaired) electrons. The van der Waals surface area contributed by atoms with E-state index < -0.39 is 0 Å². The van der Waals surface area contributed by atoms with E-state index in [1.165, 1.54) is 32.1 Å². The van der Waals surface area contributed by atoms with Crippen molar-refractivity contribution in [1.29, 1.82) is 0 Å². The van der Waals surface area contributed by atoms with Crippen molar-refractivity contribution in [3.05, 3.63) is 16.5 Å². The van der Waals surface area contributed by atoms with Crippen molar-refractivity contribution in [3.8, 4) is 0 Å². The smallest absolute Gasteiger partial charge is 0.171 e. The molecule has 4 heteroatoms. The molecule has 0 bridgehead atoms. The van der Waals surface area contributed by atoms with Crippen LogP contribution in [0.1, 0.15) is 50.4 Å². The van der Waals surface area contributed by atoms with Crippen molar-refractivity contribution in [2.24, 2.45) is 0 Å². The summed E-state index contributed by atoms with van der Waals surface area (Å²) >= 11 is 6.15. The van der Waals surface area contributed by atoms with E-state index in [9.17, 15) is 0 Å². The van der Waals surface area contributed by atoms with Crippen molar-refractivity contribution in [3.63, 3.8) is 0 Å². The number of anilines is 1. The molecule has 0 saturated heterocycles. The van der Waals surface area contributed by atoms with E-state index in [0.29, 0.717) is 5.15 Å². The molecule has 1 saturated carbocycles. The fraction of sp³-hybridized carbons (Fsp3) is 0.692. The van der Waals surface area contributed by atoms with Gasteiger partial charge < -0.3 is 5.32 Å². The lowest BCUT2D eigenvalue weighted by Gasteiger charge is -2.35. The highest BCUT2D eigenvalue weighted by atomic mass is 35.5. The van der Waals surface area contributed by atoms with E-state index in [-0.39, 0.29) is 5.54 Å². The second-order valence-corrected chi connectivity index (χ2v) is 5.64. The maximum atomic E-state index is 6.15. The highest BCUT2D eigenvalue weighted by Gasteiger charge is 2.27. The maximum Gasteiger partial charge on any atom is 0.171 e. The van der Waals surface area contributed by atoms with Gasteiger partial charge in [-0.15, -0.1) is 0 Å². The zero-order chi connectivity index (χ0) is 12.5. The van der Waals surface area contributed by atoms with E-state index in [0.717, 1.165) is 17.2 Å². The molecule has 0 unspecified atom stereocenters. The Morgan fingerprint density at radius 2 is 1.65 bits per heavy atom. The predicted octanol–water partition coefficient (Wildman–Crippen LogP) is 3.88. The summed E-state index contributed by atoms with van der Waals surface area (Å²) < 4.78 is 0. The SMILES string of the molecule is Cc1nc(Cl)c(NC2(C)CCCCC2)nc1C. The first-order valence-corrected chi connectivity index (χ1v) is 6.67. The van der Waals surface area contributed by atoms with E-state index in [1.54, 1.807) is 0 Å². The van der Waals surface area contributed by atoms with Crippen molar-refractivity contribution in [2.45, 2.75) is 58.4 Å². The third-order valence-electron chi connectivity index (χ3n) is 3.64. The van der Waals surface area contributed by atoms with Gasteiger partial charge in [0.05, 0.1) is 11.4 Å². The molecule has 0 aromatic carbocycles. The molecule has 2 rings (SSSR count). The van der Waals surface area contributed by atoms with Crippen molar-refractivity contribution >= 4 is 17.4 Å². The van der Waals surface area contributed by atoms with Crippen LogP contribution < -0.4 is 5.32 Å². The van der Waals surface area contributed by atoms with Crippen LogP contribution in [-0.2, 0) is 0 Å². The summed E-state index contributed by atoms with van der Waals surface area (Å²) in [6.07, 6.45) is 6.25. The van der Waals surface area contributed by atoms with E-state index in [4.69, 9.17) is 11.6 Å². The average molecular weight is 254 g/mol. The molecule has 0 spiro atoms. The largest absolute Gasteiger partial charge is 0.362 e. The van der Waals surface area contributed by atoms with Gasteiger partial charge in [0.2, 0.25) is 0 Å². The normalized spacial score (nSPS) is 19.1. The van der Waals surface area contributed by atoms with Crippen LogP contribution in [-0.4, -0.2) is 15.5 Å². The molecular formula is C13H20ClN3. The number of aromatic nitrogens is 2. The van der Waals surface area contributed by atoms with Crippen molar-refractivity contribution in [1.82, 2.24) is 9.97 Å². The second-order valence-electron chi connectivity index (χ2n) is 5.28. The van der Waals surface area contributed by atoms with Crippen LogP contribution in [0.2, 0.25) is 5.15 Å². The summed E-state index contributed by atoms with van der Waals surface area (Å²) in [4.78, 5) is 8.82. The lowest BCUT2D eigenvalue weighted by atomic mass is 9.83. The van der Waals surface area contributed by atoms with Gasteiger partial charge in [-0.1, -0.05) is 30.9 Å². The van der Waals surface area contributed by atoms with Gasteiger partial charge in [0.25, 0.3) is 0 Å². The third-order valence-corrected chi connectivity index (χ3v) is 3.91. The highest BCUT2D eigenvalue weighted by Crippen LogP contribution is 2.32. The molecule has 0 aliphatic heterocycles. The number of halogens is 1. The zero-order valence-corrected chi connectivity index (χ0v) is 11.6. The third kappa shape index (κ3) is 2.89. The Labute approximate surface area is 108 Å². The lowest BCUT2D eigenvalue weighted by molar-refractivity contribution is 0.348. The van der Waals surface area contributed by atoms with Crippen LogP contribution in [0, 0.1) is 13.8 Å². The van der Waals surface area contributed by atoms with Gasteiger partial charge in [0.1, 0.15) is 0 Å². The topological polar surface area (TPSA) is 37.8 Å². The number of rotatable bonds is 2. The Hall–Kier alpha value is -0.830. The van der Waals surface area contributed by atoms with Gasteiger partial charge >= 0.3 is 0 Å². The van der Waals surface area contributed by atoms with Gasteiger partial charge in [-0.05, 0) is 33.6 Å². The Morgan fingerprint density at radius 1 is 1.06 bits per heavy atom. The minimum absolute atomic E-state index is 0.123. The molecule has 1 fully saturated rings. The van der Waals surface area contributed by atoms with Gasteiger partial charge in [-0.3, -0.25) is 0 Å². The Morgan fingerprint density at radius 3 is 2.29 bits per heavy atom. The molecular weight excluding hydrogens is 234 g/mol. The summed E-state index contributed by atoms with van der Waals surface area (Å²) in [6, 6.07) is 0. The summed E-state index contributed by atoms with van der Waals surface area (Å²) in [5, 5.41) is 3.97. The molecule has 1 aliphatic carbocycles. The fourth-order valence-electron chi connectivity index (χ4n) is 2.40. The molecule has 0 amide bonds. The summed E-state index contributed by atoms with van der Waals surface area (Å²) in [5.41, 5.74) is 1.96. The fourth-order valence-corrected chi connectivity index (χ4v) is 2.61. The Bertz CT molecular complexity index is 411. The van der Waals surface area contributed by atoms with Crippen LogP contribution in [0.5, 0.6) is 0 Å². The van der Waals surface area contributed by atoms with Crippen molar-refractivity contribution in [2.75, 3.05) is 5.32 Å².